The highest BCUT2D eigenvalue weighted by Gasteiger charge is 2.23. The van der Waals surface area contributed by atoms with Gasteiger partial charge in [0.2, 0.25) is 0 Å². The molecule has 0 bridgehead atoms. The monoisotopic (exact) mass is 254 g/mol. The van der Waals surface area contributed by atoms with Crippen LogP contribution in [0, 0.1) is 5.82 Å². The quantitative estimate of drug-likeness (QED) is 0.766. The summed E-state index contributed by atoms with van der Waals surface area (Å²) in [7, 11) is -1.63. The van der Waals surface area contributed by atoms with Crippen LogP contribution >= 0.6 is 0 Å². The first-order valence-electron chi connectivity index (χ1n) is 6.00. The zero-order chi connectivity index (χ0) is 13.1. The molecule has 2 atom stereocenters. The molecule has 0 aliphatic carbocycles. The van der Waals surface area contributed by atoms with Crippen LogP contribution in [0.25, 0.3) is 0 Å². The van der Waals surface area contributed by atoms with Gasteiger partial charge in [-0.2, -0.15) is 0 Å². The van der Waals surface area contributed by atoms with Crippen molar-refractivity contribution in [3.63, 3.8) is 0 Å². The molecule has 1 fully saturated rings. The molecule has 1 aromatic carbocycles. The summed E-state index contributed by atoms with van der Waals surface area (Å²) in [5.74, 6) is -0.505. The normalized spacial score (nSPS) is 23.1. The molecule has 1 aromatic rings. The lowest BCUT2D eigenvalue weighted by Gasteiger charge is -2.13. The summed E-state index contributed by atoms with van der Waals surface area (Å²) in [6, 6.07) is 3.75. The Hall–Kier alpha value is -1.11. The second kappa shape index (κ2) is 5.69. The molecule has 18 heavy (non-hydrogen) atoms. The van der Waals surface area contributed by atoms with E-state index in [0.29, 0.717) is 0 Å². The van der Waals surface area contributed by atoms with E-state index >= 15 is 0 Å². The van der Waals surface area contributed by atoms with Crippen LogP contribution in [0.15, 0.2) is 18.2 Å². The van der Waals surface area contributed by atoms with Crippen LogP contribution in [-0.2, 0) is 4.74 Å². The smallest absolute Gasteiger partial charge is 0.488 e. The summed E-state index contributed by atoms with van der Waals surface area (Å²) in [4.78, 5) is 0. The lowest BCUT2D eigenvalue weighted by Crippen LogP contribution is -2.30. The molecule has 1 saturated heterocycles. The van der Waals surface area contributed by atoms with Crippen molar-refractivity contribution in [2.45, 2.75) is 32.0 Å². The summed E-state index contributed by atoms with van der Waals surface area (Å²) < 4.78 is 24.3. The third-order valence-electron chi connectivity index (χ3n) is 3.00. The highest BCUT2D eigenvalue weighted by molar-refractivity contribution is 6.58. The fourth-order valence-electron chi connectivity index (χ4n) is 1.98. The van der Waals surface area contributed by atoms with Crippen molar-refractivity contribution in [3.05, 3.63) is 24.0 Å². The minimum absolute atomic E-state index is 0.0174. The molecule has 98 valence electrons. The highest BCUT2D eigenvalue weighted by atomic mass is 19.1. The minimum Gasteiger partial charge on any atom is -0.488 e. The Bertz CT molecular complexity index is 413. The Morgan fingerprint density at radius 1 is 1.44 bits per heavy atom. The van der Waals surface area contributed by atoms with Gasteiger partial charge < -0.3 is 19.5 Å². The van der Waals surface area contributed by atoms with Crippen molar-refractivity contribution in [3.8, 4) is 5.75 Å². The average molecular weight is 254 g/mol. The van der Waals surface area contributed by atoms with E-state index in [2.05, 4.69) is 0 Å². The Labute approximate surface area is 105 Å². The first-order chi connectivity index (χ1) is 8.56. The third-order valence-corrected chi connectivity index (χ3v) is 3.00. The molecule has 2 rings (SSSR count). The largest absolute Gasteiger partial charge is 0.488 e. The van der Waals surface area contributed by atoms with E-state index in [4.69, 9.17) is 19.5 Å². The van der Waals surface area contributed by atoms with Gasteiger partial charge >= 0.3 is 7.12 Å². The van der Waals surface area contributed by atoms with Gasteiger partial charge in [-0.1, -0.05) is 6.07 Å². The van der Waals surface area contributed by atoms with Gasteiger partial charge in [0.25, 0.3) is 0 Å². The maximum Gasteiger partial charge on any atom is 0.488 e. The molecule has 1 aliphatic heterocycles. The van der Waals surface area contributed by atoms with Gasteiger partial charge in [0.1, 0.15) is 6.61 Å². The lowest BCUT2D eigenvalue weighted by atomic mass is 9.80. The van der Waals surface area contributed by atoms with E-state index in [1.807, 2.05) is 6.92 Å². The van der Waals surface area contributed by atoms with Crippen molar-refractivity contribution in [2.24, 2.45) is 0 Å². The zero-order valence-corrected chi connectivity index (χ0v) is 10.2. The van der Waals surface area contributed by atoms with Gasteiger partial charge in [-0.15, -0.1) is 0 Å². The second-order valence-electron chi connectivity index (χ2n) is 4.52. The first-order valence-corrected chi connectivity index (χ1v) is 6.00. The topological polar surface area (TPSA) is 58.9 Å². The first kappa shape index (κ1) is 13.3. The Balaban J connectivity index is 1.97. The molecule has 4 nitrogen and oxygen atoms in total. The number of hydrogen-bond donors (Lipinski definition) is 2. The van der Waals surface area contributed by atoms with Crippen LogP contribution in [0.1, 0.15) is 19.8 Å². The molecule has 0 amide bonds. The van der Waals surface area contributed by atoms with Gasteiger partial charge in [-0.25, -0.2) is 4.39 Å². The average Bonchev–Trinajstić information content (AvgIpc) is 2.74. The summed E-state index contributed by atoms with van der Waals surface area (Å²) >= 11 is 0. The third kappa shape index (κ3) is 3.22. The fraction of sp³-hybridized carbons (Fsp3) is 0.500. The Morgan fingerprint density at radius 3 is 2.83 bits per heavy atom. The van der Waals surface area contributed by atoms with E-state index in [1.54, 1.807) is 0 Å². The van der Waals surface area contributed by atoms with Gasteiger partial charge in [-0.3, -0.25) is 0 Å². The summed E-state index contributed by atoms with van der Waals surface area (Å²) in [6.07, 6.45) is 2.06. The second-order valence-corrected chi connectivity index (χ2v) is 4.52. The van der Waals surface area contributed by atoms with E-state index < -0.39 is 12.9 Å². The fourth-order valence-corrected chi connectivity index (χ4v) is 1.98. The van der Waals surface area contributed by atoms with Crippen LogP contribution < -0.4 is 10.2 Å². The molecule has 2 N–H and O–H groups in total. The van der Waals surface area contributed by atoms with Crippen molar-refractivity contribution in [2.75, 3.05) is 6.61 Å². The predicted molar refractivity (Wildman–Crippen MR) is 65.3 cm³/mol. The van der Waals surface area contributed by atoms with Crippen molar-refractivity contribution in [1.82, 2.24) is 0 Å². The van der Waals surface area contributed by atoms with Crippen molar-refractivity contribution in [1.29, 1.82) is 0 Å². The van der Waals surface area contributed by atoms with E-state index in [-0.39, 0.29) is 30.0 Å². The maximum absolute atomic E-state index is 13.5. The van der Waals surface area contributed by atoms with E-state index in [1.165, 1.54) is 12.1 Å². The molecular weight excluding hydrogens is 238 g/mol. The van der Waals surface area contributed by atoms with Gasteiger partial charge in [0, 0.05) is 0 Å². The molecule has 0 spiro atoms. The Kier molecular flexibility index (Phi) is 4.21. The van der Waals surface area contributed by atoms with Crippen molar-refractivity contribution < 1.29 is 23.9 Å². The number of rotatable bonds is 4. The van der Waals surface area contributed by atoms with Gasteiger partial charge in [0.05, 0.1) is 12.2 Å². The Morgan fingerprint density at radius 2 is 2.22 bits per heavy atom. The molecular formula is C12H16BFO4. The predicted octanol–water partition coefficient (Wildman–Crippen LogP) is 0.452. The summed E-state index contributed by atoms with van der Waals surface area (Å²) in [5.41, 5.74) is 0.201. The molecule has 6 heteroatoms. The minimum atomic E-state index is -1.63. The molecule has 2 unspecified atom stereocenters. The van der Waals surface area contributed by atoms with Crippen LogP contribution in [0.4, 0.5) is 4.39 Å². The number of hydrogen-bond acceptors (Lipinski definition) is 4. The number of halogens is 1. The van der Waals surface area contributed by atoms with E-state index in [9.17, 15) is 4.39 Å². The van der Waals surface area contributed by atoms with Crippen LogP contribution in [0.5, 0.6) is 5.75 Å². The van der Waals surface area contributed by atoms with Gasteiger partial charge in [0.15, 0.2) is 11.6 Å². The van der Waals surface area contributed by atoms with Crippen LogP contribution in [-0.4, -0.2) is 36.0 Å². The van der Waals surface area contributed by atoms with Crippen LogP contribution in [0.3, 0.4) is 0 Å². The van der Waals surface area contributed by atoms with Crippen molar-refractivity contribution >= 4 is 12.6 Å². The molecule has 1 heterocycles. The van der Waals surface area contributed by atoms with E-state index in [0.717, 1.165) is 18.9 Å². The highest BCUT2D eigenvalue weighted by Crippen LogP contribution is 2.21. The molecule has 0 radical (unpaired) electrons. The van der Waals surface area contributed by atoms with Gasteiger partial charge in [-0.05, 0) is 37.4 Å². The zero-order valence-electron chi connectivity index (χ0n) is 10.2. The lowest BCUT2D eigenvalue weighted by molar-refractivity contribution is 0.0256. The summed E-state index contributed by atoms with van der Waals surface area (Å²) in [5, 5.41) is 18.0. The number of ether oxygens (including phenoxy) is 2. The summed E-state index contributed by atoms with van der Waals surface area (Å²) in [6.45, 7) is 2.26. The molecule has 1 aliphatic rings. The molecule has 0 aromatic heterocycles. The number of benzene rings is 1. The SMILES string of the molecule is CC1CCC(COc2cc(B(O)O)ccc2F)O1. The standard InChI is InChI=1S/C12H16BFO4/c1-8-2-4-10(18-8)7-17-12-6-9(13(15)16)3-5-11(12)14/h3,5-6,8,10,15-16H,2,4,7H2,1H3. The maximum atomic E-state index is 13.5. The van der Waals surface area contributed by atoms with Crippen LogP contribution in [0.2, 0.25) is 0 Å². The molecule has 0 saturated carbocycles.